The Kier molecular flexibility index (Phi) is 13.9. The van der Waals surface area contributed by atoms with Crippen LogP contribution >= 0.6 is 0 Å². The van der Waals surface area contributed by atoms with Crippen LogP contribution in [0, 0.1) is 0 Å². The summed E-state index contributed by atoms with van der Waals surface area (Å²) < 4.78 is 12.3. The van der Waals surface area contributed by atoms with Gasteiger partial charge in [0.2, 0.25) is 5.91 Å². The number of H-pyrrole nitrogens is 1. The highest BCUT2D eigenvalue weighted by Crippen LogP contribution is 2.36. The average molecular weight is 705 g/mol. The molecule has 2 aromatic carbocycles. The van der Waals surface area contributed by atoms with Crippen LogP contribution in [-0.2, 0) is 14.3 Å². The van der Waals surface area contributed by atoms with Gasteiger partial charge in [-0.2, -0.15) is 0 Å². The summed E-state index contributed by atoms with van der Waals surface area (Å²) in [5.74, 6) is -0.886. The lowest BCUT2D eigenvalue weighted by Crippen LogP contribution is -2.46. The first kappa shape index (κ1) is 38.7. The number of amides is 4. The molecule has 0 atom stereocenters. The highest BCUT2D eigenvalue weighted by atomic mass is 16.5. The molecule has 13 heteroatoms. The predicted molar refractivity (Wildman–Crippen MR) is 198 cm³/mol. The zero-order valence-electron chi connectivity index (χ0n) is 30.5. The number of esters is 1. The van der Waals surface area contributed by atoms with Gasteiger partial charge < -0.3 is 20.1 Å². The molecule has 0 saturated carbocycles. The third-order valence-electron chi connectivity index (χ3n) is 9.00. The van der Waals surface area contributed by atoms with Crippen LogP contribution < -0.4 is 31.1 Å². The van der Waals surface area contributed by atoms with E-state index in [1.54, 1.807) is 42.5 Å². The van der Waals surface area contributed by atoms with Crippen LogP contribution in [0.25, 0.3) is 5.69 Å². The molecule has 276 valence electrons. The number of carbonyl (C=O) groups is 4. The van der Waals surface area contributed by atoms with Gasteiger partial charge in [0.05, 0.1) is 30.7 Å². The number of anilines is 4. The summed E-state index contributed by atoms with van der Waals surface area (Å²) in [6, 6.07) is 10.5. The van der Waals surface area contributed by atoms with Crippen LogP contribution in [0.4, 0.5) is 27.7 Å². The maximum absolute atomic E-state index is 14.0. The van der Waals surface area contributed by atoms with Crippen molar-refractivity contribution >= 4 is 46.7 Å². The topological polar surface area (TPSA) is 164 Å². The zero-order valence-corrected chi connectivity index (χ0v) is 30.5. The van der Waals surface area contributed by atoms with Gasteiger partial charge in [-0.25, -0.2) is 14.3 Å². The summed E-state index contributed by atoms with van der Waals surface area (Å²) in [5, 5.41) is 11.1. The minimum absolute atomic E-state index is 0.0733. The first-order valence-corrected chi connectivity index (χ1v) is 18.0. The number of ether oxygens (including phenoxy) is 2. The SMILES string of the molecule is CCCCCCCCCCCCCCOC(=O)c1ccc(OC)c(Nc2[nH]n(-c3ccc(NC(C)=O)cc3)c(=O)c2N2C(=O)NC(=O)C2(C)C)c1. The van der Waals surface area contributed by atoms with Crippen LogP contribution in [0.2, 0.25) is 0 Å². The van der Waals surface area contributed by atoms with E-state index in [9.17, 15) is 24.0 Å². The summed E-state index contributed by atoms with van der Waals surface area (Å²) in [4.78, 5) is 65.4. The molecule has 0 spiro atoms. The van der Waals surface area contributed by atoms with Crippen molar-refractivity contribution in [2.75, 3.05) is 29.3 Å². The zero-order chi connectivity index (χ0) is 37.0. The number of urea groups is 1. The number of aromatic nitrogens is 2. The number of nitrogens with zero attached hydrogens (tertiary/aromatic N) is 2. The maximum Gasteiger partial charge on any atom is 0.338 e. The van der Waals surface area contributed by atoms with E-state index in [1.807, 2.05) is 0 Å². The number of carbonyl (C=O) groups excluding carboxylic acids is 4. The Labute approximate surface area is 299 Å². The number of imide groups is 1. The van der Waals surface area contributed by atoms with Gasteiger partial charge in [0, 0.05) is 12.6 Å². The number of hydrogen-bond acceptors (Lipinski definition) is 8. The summed E-state index contributed by atoms with van der Waals surface area (Å²) in [6.07, 6.45) is 14.5. The molecule has 13 nitrogen and oxygen atoms in total. The van der Waals surface area contributed by atoms with Gasteiger partial charge in [0.1, 0.15) is 11.3 Å². The molecule has 4 rings (SSSR count). The lowest BCUT2D eigenvalue weighted by atomic mass is 10.0. The van der Waals surface area contributed by atoms with Crippen molar-refractivity contribution in [2.24, 2.45) is 0 Å². The number of nitrogens with one attached hydrogen (secondary N) is 4. The van der Waals surface area contributed by atoms with Crippen molar-refractivity contribution in [3.8, 4) is 11.4 Å². The molecule has 1 fully saturated rings. The quantitative estimate of drug-likeness (QED) is 0.0532. The molecule has 0 radical (unpaired) electrons. The summed E-state index contributed by atoms with van der Waals surface area (Å²) in [6.45, 7) is 6.99. The van der Waals surface area contributed by atoms with Gasteiger partial charge in [0.25, 0.3) is 11.5 Å². The first-order valence-electron chi connectivity index (χ1n) is 18.0. The van der Waals surface area contributed by atoms with Crippen LogP contribution in [0.15, 0.2) is 47.3 Å². The molecule has 1 aromatic heterocycles. The van der Waals surface area contributed by atoms with E-state index in [0.717, 1.165) is 24.2 Å². The number of hydrogen-bond donors (Lipinski definition) is 4. The maximum atomic E-state index is 14.0. The average Bonchev–Trinajstić information content (AvgIpc) is 3.51. The van der Waals surface area contributed by atoms with E-state index in [4.69, 9.17) is 9.47 Å². The molecule has 1 aliphatic rings. The van der Waals surface area contributed by atoms with E-state index in [2.05, 4.69) is 28.0 Å². The smallest absolute Gasteiger partial charge is 0.338 e. The second-order valence-electron chi connectivity index (χ2n) is 13.4. The van der Waals surface area contributed by atoms with Gasteiger partial charge in [-0.15, -0.1) is 0 Å². The van der Waals surface area contributed by atoms with Crippen molar-refractivity contribution in [3.63, 3.8) is 0 Å². The Morgan fingerprint density at radius 1 is 0.843 bits per heavy atom. The molecule has 1 saturated heterocycles. The van der Waals surface area contributed by atoms with E-state index in [-0.39, 0.29) is 23.0 Å². The lowest BCUT2D eigenvalue weighted by molar-refractivity contribution is -0.122. The predicted octanol–water partition coefficient (Wildman–Crippen LogP) is 7.57. The molecule has 0 aliphatic carbocycles. The molecule has 4 N–H and O–H groups in total. The summed E-state index contributed by atoms with van der Waals surface area (Å²) in [5.41, 5.74) is -0.640. The molecule has 1 aliphatic heterocycles. The Morgan fingerprint density at radius 2 is 1.45 bits per heavy atom. The lowest BCUT2D eigenvalue weighted by Gasteiger charge is -2.27. The molecule has 4 amide bonds. The van der Waals surface area contributed by atoms with Crippen LogP contribution in [0.1, 0.15) is 115 Å². The summed E-state index contributed by atoms with van der Waals surface area (Å²) >= 11 is 0. The van der Waals surface area contributed by atoms with Crippen LogP contribution in [-0.4, -0.2) is 52.9 Å². The minimum atomic E-state index is -1.40. The summed E-state index contributed by atoms with van der Waals surface area (Å²) in [7, 11) is 1.47. The van der Waals surface area contributed by atoms with E-state index < -0.39 is 29.0 Å². The largest absolute Gasteiger partial charge is 0.495 e. The van der Waals surface area contributed by atoms with Crippen LogP contribution in [0.5, 0.6) is 5.75 Å². The molecular weight excluding hydrogens is 652 g/mol. The van der Waals surface area contributed by atoms with Gasteiger partial charge in [-0.1, -0.05) is 77.6 Å². The van der Waals surface area contributed by atoms with Crippen molar-refractivity contribution in [1.82, 2.24) is 15.1 Å². The van der Waals surface area contributed by atoms with Crippen LogP contribution in [0.3, 0.4) is 0 Å². The fourth-order valence-electron chi connectivity index (χ4n) is 6.10. The number of unbranched alkanes of at least 4 members (excludes halogenated alkanes) is 11. The van der Waals surface area contributed by atoms with Crippen molar-refractivity contribution in [2.45, 2.75) is 110 Å². The van der Waals surface area contributed by atoms with Crippen molar-refractivity contribution in [1.29, 1.82) is 0 Å². The molecule has 51 heavy (non-hydrogen) atoms. The number of rotatable bonds is 20. The highest BCUT2D eigenvalue weighted by molar-refractivity contribution is 6.17. The molecule has 0 unspecified atom stereocenters. The number of methoxy groups -OCH3 is 1. The van der Waals surface area contributed by atoms with Crippen molar-refractivity contribution in [3.05, 3.63) is 58.4 Å². The Balaban J connectivity index is 1.46. The Morgan fingerprint density at radius 3 is 2.00 bits per heavy atom. The third kappa shape index (κ3) is 10.0. The minimum Gasteiger partial charge on any atom is -0.495 e. The fraction of sp³-hybridized carbons (Fsp3) is 0.500. The van der Waals surface area contributed by atoms with Gasteiger partial charge in [-0.3, -0.25) is 29.7 Å². The first-order chi connectivity index (χ1) is 24.5. The second-order valence-corrected chi connectivity index (χ2v) is 13.4. The normalized spacial score (nSPS) is 13.6. The number of aromatic amines is 1. The fourth-order valence-corrected chi connectivity index (χ4v) is 6.10. The van der Waals surface area contributed by atoms with E-state index in [0.29, 0.717) is 29.4 Å². The molecular formula is C38H52N6O7. The Hall–Kier alpha value is -5.07. The van der Waals surface area contributed by atoms with E-state index >= 15 is 0 Å². The monoisotopic (exact) mass is 704 g/mol. The molecule has 0 bridgehead atoms. The highest BCUT2D eigenvalue weighted by Gasteiger charge is 2.49. The van der Waals surface area contributed by atoms with Gasteiger partial charge in [-0.05, 0) is 62.7 Å². The van der Waals surface area contributed by atoms with E-state index in [1.165, 1.54) is 90.4 Å². The molecule has 2 heterocycles. The second kappa shape index (κ2) is 18.2. The van der Waals surface area contributed by atoms with Crippen molar-refractivity contribution < 1.29 is 28.7 Å². The molecule has 3 aromatic rings. The standard InChI is InChI=1S/C38H52N6O7/c1-6-7-8-9-10-11-12-13-14-15-16-17-24-51-35(47)27-18-23-31(50-5)30(25-27)40-33-32(43-37(49)41-36(48)38(43,3)4)34(46)44(42-33)29-21-19-28(20-22-29)39-26(2)45/h18-23,25,40,42H,6-17,24H2,1-5H3,(H,39,45)(H,41,48,49). The third-order valence-corrected chi connectivity index (χ3v) is 9.00. The Bertz CT molecular complexity index is 1730. The number of benzene rings is 2. The van der Waals surface area contributed by atoms with Gasteiger partial charge in [0.15, 0.2) is 11.5 Å². The van der Waals surface area contributed by atoms with Gasteiger partial charge >= 0.3 is 12.0 Å².